The summed E-state index contributed by atoms with van der Waals surface area (Å²) in [6.07, 6.45) is 3.72. The number of aromatic nitrogens is 2. The zero-order valence-electron chi connectivity index (χ0n) is 18.7. The van der Waals surface area contributed by atoms with Crippen molar-refractivity contribution in [2.45, 2.75) is 0 Å². The first-order valence-electron chi connectivity index (χ1n) is 11.0. The summed E-state index contributed by atoms with van der Waals surface area (Å²) in [5, 5.41) is 1.74. The number of benzene rings is 3. The Kier molecular flexibility index (Phi) is 4.42. The number of nitrogens with zero attached hydrogens (tertiary/aromatic N) is 2. The number of imide groups is 1. The molecule has 1 N–H and O–H groups in total. The lowest BCUT2D eigenvalue weighted by Crippen LogP contribution is -2.31. The van der Waals surface area contributed by atoms with Crippen LogP contribution in [0.3, 0.4) is 0 Å². The van der Waals surface area contributed by atoms with E-state index in [4.69, 9.17) is 4.74 Å². The topological polar surface area (TPSA) is 67.3 Å². The van der Waals surface area contributed by atoms with E-state index in [-0.39, 0.29) is 11.8 Å². The maximum Gasteiger partial charge on any atom is 0.266 e. The van der Waals surface area contributed by atoms with E-state index in [1.807, 2.05) is 78.5 Å². The molecule has 1 aliphatic heterocycles. The second-order valence-electron chi connectivity index (χ2n) is 8.32. The number of carbonyl (C=O) groups excluding carboxylic acids is 2. The molecule has 2 aromatic heterocycles. The van der Waals surface area contributed by atoms with Crippen molar-refractivity contribution in [1.29, 1.82) is 0 Å². The second-order valence-corrected chi connectivity index (χ2v) is 8.32. The monoisotopic (exact) mass is 447 g/mol. The van der Waals surface area contributed by atoms with E-state index in [0.717, 1.165) is 27.4 Å². The maximum atomic E-state index is 13.9. The number of amides is 2. The van der Waals surface area contributed by atoms with E-state index >= 15 is 0 Å². The van der Waals surface area contributed by atoms with Gasteiger partial charge in [0.2, 0.25) is 0 Å². The lowest BCUT2D eigenvalue weighted by Gasteiger charge is -2.15. The molecule has 0 saturated heterocycles. The van der Waals surface area contributed by atoms with E-state index in [1.165, 1.54) is 4.90 Å². The van der Waals surface area contributed by atoms with Gasteiger partial charge >= 0.3 is 0 Å². The number of carbonyl (C=O) groups is 2. The average molecular weight is 447 g/mol. The first-order chi connectivity index (χ1) is 16.6. The van der Waals surface area contributed by atoms with Crippen LogP contribution >= 0.6 is 0 Å². The van der Waals surface area contributed by atoms with Crippen molar-refractivity contribution in [2.75, 3.05) is 12.0 Å². The van der Waals surface area contributed by atoms with Crippen molar-refractivity contribution in [3.05, 3.63) is 96.3 Å². The van der Waals surface area contributed by atoms with Gasteiger partial charge in [0.1, 0.15) is 5.75 Å². The third-order valence-corrected chi connectivity index (χ3v) is 6.42. The van der Waals surface area contributed by atoms with Gasteiger partial charge < -0.3 is 14.3 Å². The molecule has 0 aliphatic carbocycles. The van der Waals surface area contributed by atoms with Crippen LogP contribution < -0.4 is 9.64 Å². The molecule has 0 radical (unpaired) electrons. The summed E-state index contributed by atoms with van der Waals surface area (Å²) in [6, 6.07) is 22.6. The number of rotatable bonds is 4. The summed E-state index contributed by atoms with van der Waals surface area (Å²) in [5.41, 5.74) is 4.58. The molecule has 1 aliphatic rings. The first-order valence-corrected chi connectivity index (χ1v) is 11.0. The third-order valence-electron chi connectivity index (χ3n) is 6.42. The fourth-order valence-electron chi connectivity index (χ4n) is 4.82. The molecule has 0 saturated carbocycles. The van der Waals surface area contributed by atoms with Crippen LogP contribution in [0.15, 0.2) is 85.2 Å². The molecule has 0 unspecified atom stereocenters. The molecule has 6 rings (SSSR count). The van der Waals surface area contributed by atoms with Crippen LogP contribution in [0.1, 0.15) is 11.1 Å². The molecule has 6 heteroatoms. The van der Waals surface area contributed by atoms with Crippen molar-refractivity contribution >= 4 is 50.5 Å². The Labute approximate surface area is 195 Å². The highest BCUT2D eigenvalue weighted by atomic mass is 16.5. The van der Waals surface area contributed by atoms with Crippen LogP contribution in [0.25, 0.3) is 33.0 Å². The van der Waals surface area contributed by atoms with Gasteiger partial charge in [-0.25, -0.2) is 4.90 Å². The Bertz CT molecular complexity index is 1640. The minimum absolute atomic E-state index is 0.334. The number of fused-ring (bicyclic) bond motifs is 2. The second kappa shape index (κ2) is 7.49. The van der Waals surface area contributed by atoms with Crippen molar-refractivity contribution in [3.8, 4) is 5.75 Å². The lowest BCUT2D eigenvalue weighted by molar-refractivity contribution is -0.119. The van der Waals surface area contributed by atoms with Gasteiger partial charge in [-0.3, -0.25) is 9.59 Å². The fraction of sp³-hybridized carbons (Fsp3) is 0.0714. The Hall–Kier alpha value is -4.58. The van der Waals surface area contributed by atoms with Crippen LogP contribution in [0.4, 0.5) is 5.69 Å². The van der Waals surface area contributed by atoms with Gasteiger partial charge in [-0.15, -0.1) is 0 Å². The zero-order chi connectivity index (χ0) is 23.4. The smallest absolute Gasteiger partial charge is 0.266 e. The van der Waals surface area contributed by atoms with E-state index in [1.54, 1.807) is 25.4 Å². The molecule has 2 amide bonds. The highest BCUT2D eigenvalue weighted by Crippen LogP contribution is 2.42. The van der Waals surface area contributed by atoms with Gasteiger partial charge in [-0.2, -0.15) is 0 Å². The zero-order valence-corrected chi connectivity index (χ0v) is 18.7. The predicted molar refractivity (Wildman–Crippen MR) is 134 cm³/mol. The first kappa shape index (κ1) is 20.1. The van der Waals surface area contributed by atoms with E-state index in [9.17, 15) is 9.59 Å². The molecule has 3 heterocycles. The van der Waals surface area contributed by atoms with E-state index in [2.05, 4.69) is 4.98 Å². The summed E-state index contributed by atoms with van der Waals surface area (Å²) in [7, 11) is 3.55. The molecular formula is C28H21N3O3. The van der Waals surface area contributed by atoms with Crippen molar-refractivity contribution in [1.82, 2.24) is 9.55 Å². The van der Waals surface area contributed by atoms with Crippen LogP contribution in [-0.2, 0) is 16.6 Å². The average Bonchev–Trinajstić information content (AvgIpc) is 3.50. The molecule has 0 spiro atoms. The number of hydrogen-bond acceptors (Lipinski definition) is 3. The molecule has 0 bridgehead atoms. The summed E-state index contributed by atoms with van der Waals surface area (Å²) in [5.74, 6) is 0.00000195. The summed E-state index contributed by atoms with van der Waals surface area (Å²) >= 11 is 0. The molecule has 166 valence electrons. The largest absolute Gasteiger partial charge is 0.497 e. The van der Waals surface area contributed by atoms with Gasteiger partial charge in [-0.05, 0) is 36.4 Å². The fourth-order valence-corrected chi connectivity index (χ4v) is 4.82. The summed E-state index contributed by atoms with van der Waals surface area (Å²) < 4.78 is 7.41. The number of ether oxygens (including phenoxy) is 1. The standard InChI is InChI=1S/C28H21N3O3/c1-30-16-22(19-10-6-7-11-24(19)30)26-25(21-15-29-23-13-12-18(34-2)14-20(21)23)27(32)31(28(26)33)17-8-4-3-5-9-17/h3-16,29H,1-2H3. The van der Waals surface area contributed by atoms with Gasteiger partial charge in [-0.1, -0.05) is 36.4 Å². The van der Waals surface area contributed by atoms with Gasteiger partial charge in [0.15, 0.2) is 0 Å². The Morgan fingerprint density at radius 2 is 1.50 bits per heavy atom. The number of nitrogens with one attached hydrogen (secondary N) is 1. The number of H-pyrrole nitrogens is 1. The Morgan fingerprint density at radius 3 is 2.26 bits per heavy atom. The summed E-state index contributed by atoms with van der Waals surface area (Å²) in [6.45, 7) is 0. The normalized spacial score (nSPS) is 14.1. The molecule has 6 nitrogen and oxygen atoms in total. The van der Waals surface area contributed by atoms with E-state index in [0.29, 0.717) is 28.1 Å². The molecule has 34 heavy (non-hydrogen) atoms. The van der Waals surface area contributed by atoms with Gasteiger partial charge in [0, 0.05) is 52.4 Å². The lowest BCUT2D eigenvalue weighted by atomic mass is 9.95. The quantitative estimate of drug-likeness (QED) is 0.387. The number of aryl methyl sites for hydroxylation is 1. The number of methoxy groups -OCH3 is 1. The Morgan fingerprint density at radius 1 is 0.794 bits per heavy atom. The molecule has 0 atom stereocenters. The minimum Gasteiger partial charge on any atom is -0.497 e. The van der Waals surface area contributed by atoms with E-state index < -0.39 is 0 Å². The van der Waals surface area contributed by atoms with Crippen molar-refractivity contribution in [3.63, 3.8) is 0 Å². The number of anilines is 1. The number of para-hydroxylation sites is 2. The van der Waals surface area contributed by atoms with Crippen molar-refractivity contribution in [2.24, 2.45) is 7.05 Å². The number of hydrogen-bond donors (Lipinski definition) is 1. The van der Waals surface area contributed by atoms with Gasteiger partial charge in [0.05, 0.1) is 23.9 Å². The summed E-state index contributed by atoms with van der Waals surface area (Å²) in [4.78, 5) is 32.4. The highest BCUT2D eigenvalue weighted by Gasteiger charge is 2.42. The van der Waals surface area contributed by atoms with Crippen LogP contribution in [0.2, 0.25) is 0 Å². The molecule has 3 aromatic carbocycles. The third kappa shape index (κ3) is 2.82. The highest BCUT2D eigenvalue weighted by molar-refractivity contribution is 6.58. The predicted octanol–water partition coefficient (Wildman–Crippen LogP) is 5.15. The van der Waals surface area contributed by atoms with Crippen LogP contribution in [0, 0.1) is 0 Å². The molecular weight excluding hydrogens is 426 g/mol. The molecule has 5 aromatic rings. The van der Waals surface area contributed by atoms with Gasteiger partial charge in [0.25, 0.3) is 11.8 Å². The number of aromatic amines is 1. The van der Waals surface area contributed by atoms with Crippen molar-refractivity contribution < 1.29 is 14.3 Å². The van der Waals surface area contributed by atoms with Crippen LogP contribution in [0.5, 0.6) is 5.75 Å². The Balaban J connectivity index is 1.67. The maximum absolute atomic E-state index is 13.9. The SMILES string of the molecule is COc1ccc2[nH]cc(C3=C(c4cn(C)c5ccccc45)C(=O)N(c4ccccc4)C3=O)c2c1. The molecule has 0 fully saturated rings. The minimum atomic E-state index is -0.345. The van der Waals surface area contributed by atoms with Crippen LogP contribution in [-0.4, -0.2) is 28.5 Å².